The van der Waals surface area contributed by atoms with Crippen LogP contribution in [0.1, 0.15) is 45.4 Å². The van der Waals surface area contributed by atoms with Gasteiger partial charge in [0.1, 0.15) is 5.60 Å². The molecule has 0 aliphatic carbocycles. The molecule has 0 bridgehead atoms. The summed E-state index contributed by atoms with van der Waals surface area (Å²) >= 11 is 0. The van der Waals surface area contributed by atoms with Gasteiger partial charge in [0.2, 0.25) is 0 Å². The summed E-state index contributed by atoms with van der Waals surface area (Å²) in [5, 5.41) is 14.7. The van der Waals surface area contributed by atoms with E-state index < -0.39 is 5.60 Å². The van der Waals surface area contributed by atoms with Crippen molar-refractivity contribution in [3.8, 4) is 0 Å². The van der Waals surface area contributed by atoms with Gasteiger partial charge in [0.25, 0.3) is 0 Å². The molecule has 0 radical (unpaired) electrons. The summed E-state index contributed by atoms with van der Waals surface area (Å²) in [4.78, 5) is 13.7. The zero-order valence-electron chi connectivity index (χ0n) is 11.0. The van der Waals surface area contributed by atoms with E-state index in [0.717, 1.165) is 12.8 Å². The molecule has 18 heavy (non-hydrogen) atoms. The molecule has 0 N–H and O–H groups in total. The number of aromatic nitrogens is 4. The predicted octanol–water partition coefficient (Wildman–Crippen LogP) is 0.943. The number of piperidine rings is 1. The van der Waals surface area contributed by atoms with Crippen molar-refractivity contribution in [3.05, 3.63) is 5.82 Å². The third-order valence-electron chi connectivity index (χ3n) is 2.77. The fourth-order valence-corrected chi connectivity index (χ4v) is 2.00. The number of amides is 1. The fourth-order valence-electron chi connectivity index (χ4n) is 2.00. The number of carbonyl (C=O) groups is 1. The molecule has 0 saturated carbocycles. The second-order valence-electron chi connectivity index (χ2n) is 5.50. The highest BCUT2D eigenvalue weighted by atomic mass is 16.6. The maximum absolute atomic E-state index is 12.0. The Morgan fingerprint density at radius 1 is 1.50 bits per heavy atom. The van der Waals surface area contributed by atoms with E-state index in [-0.39, 0.29) is 12.0 Å². The van der Waals surface area contributed by atoms with Crippen molar-refractivity contribution in [2.45, 2.75) is 45.1 Å². The highest BCUT2D eigenvalue weighted by molar-refractivity contribution is 5.68. The molecule has 1 aliphatic rings. The Balaban J connectivity index is 1.96. The van der Waals surface area contributed by atoms with E-state index in [4.69, 9.17) is 4.74 Å². The topological polar surface area (TPSA) is 82.3 Å². The van der Waals surface area contributed by atoms with Gasteiger partial charge in [0.15, 0.2) is 0 Å². The molecule has 0 unspecified atom stereocenters. The maximum Gasteiger partial charge on any atom is 0.410 e. The summed E-state index contributed by atoms with van der Waals surface area (Å²) < 4.78 is 5.36. The van der Waals surface area contributed by atoms with Crippen molar-refractivity contribution in [2.75, 3.05) is 13.1 Å². The molecule has 7 nitrogen and oxygen atoms in total. The molecule has 0 spiro atoms. The van der Waals surface area contributed by atoms with Gasteiger partial charge in [-0.3, -0.25) is 10.3 Å². The minimum atomic E-state index is -0.468. The molecule has 100 valence electrons. The molecule has 1 fully saturated rings. The average Bonchev–Trinajstić information content (AvgIpc) is 2.80. The van der Waals surface area contributed by atoms with Crippen LogP contribution in [0.25, 0.3) is 0 Å². The lowest BCUT2D eigenvalue weighted by Gasteiger charge is -2.34. The largest absolute Gasteiger partial charge is 0.444 e. The first-order valence-corrected chi connectivity index (χ1v) is 6.12. The minimum Gasteiger partial charge on any atom is -0.444 e. The van der Waals surface area contributed by atoms with Crippen molar-refractivity contribution in [1.82, 2.24) is 25.5 Å². The van der Waals surface area contributed by atoms with Crippen LogP contribution >= 0.6 is 0 Å². The quantitative estimate of drug-likeness (QED) is 0.739. The van der Waals surface area contributed by atoms with Crippen LogP contribution < -0.4 is 5.10 Å². The zero-order chi connectivity index (χ0) is 13.2. The molecular formula is C11H18N5O2-. The lowest BCUT2D eigenvalue weighted by molar-refractivity contribution is 0.0196. The number of hydrogen-bond acceptors (Lipinski definition) is 5. The molecule has 1 aromatic heterocycles. The number of likely N-dealkylation sites (tertiary alicyclic amines) is 1. The van der Waals surface area contributed by atoms with Crippen molar-refractivity contribution in [3.63, 3.8) is 0 Å². The lowest BCUT2D eigenvalue weighted by atomic mass is 9.98. The van der Waals surface area contributed by atoms with Gasteiger partial charge >= 0.3 is 6.09 Å². The molecule has 2 rings (SSSR count). The summed E-state index contributed by atoms with van der Waals surface area (Å²) in [6.07, 6.45) is 1.59. The van der Waals surface area contributed by atoms with Gasteiger partial charge in [-0.25, -0.2) is 4.79 Å². The predicted molar refractivity (Wildman–Crippen MR) is 62.9 cm³/mol. The van der Waals surface area contributed by atoms with E-state index in [1.54, 1.807) is 4.90 Å². The van der Waals surface area contributed by atoms with E-state index >= 15 is 0 Å². The van der Waals surface area contributed by atoms with Crippen molar-refractivity contribution >= 4 is 6.09 Å². The summed E-state index contributed by atoms with van der Waals surface area (Å²) in [6.45, 7) is 6.87. The van der Waals surface area contributed by atoms with Gasteiger partial charge in [0.05, 0.1) is 0 Å². The van der Waals surface area contributed by atoms with E-state index in [2.05, 4.69) is 20.6 Å². The maximum atomic E-state index is 12.0. The molecule has 2 heterocycles. The molecule has 1 atom stereocenters. The van der Waals surface area contributed by atoms with Gasteiger partial charge in [0, 0.05) is 24.8 Å². The highest BCUT2D eigenvalue weighted by Gasteiger charge is 2.28. The summed E-state index contributed by atoms with van der Waals surface area (Å²) in [5.41, 5.74) is -0.468. The molecule has 1 saturated heterocycles. The van der Waals surface area contributed by atoms with Gasteiger partial charge in [-0.1, -0.05) is 0 Å². The molecule has 7 heteroatoms. The molecule has 0 aromatic carbocycles. The first kappa shape index (κ1) is 12.8. The van der Waals surface area contributed by atoms with Gasteiger partial charge in [-0.15, -0.1) is 0 Å². The van der Waals surface area contributed by atoms with Gasteiger partial charge in [-0.2, -0.15) is 5.21 Å². The Hall–Kier alpha value is -1.66. The molecule has 1 aliphatic heterocycles. The first-order valence-electron chi connectivity index (χ1n) is 6.12. The molecule has 1 aromatic rings. The fraction of sp³-hybridized carbons (Fsp3) is 0.818. The minimum absolute atomic E-state index is 0.112. The molecule has 1 amide bonds. The Labute approximate surface area is 106 Å². The third kappa shape index (κ3) is 3.18. The van der Waals surface area contributed by atoms with Gasteiger partial charge in [-0.05, 0) is 33.6 Å². The first-order chi connectivity index (χ1) is 8.46. The smallest absolute Gasteiger partial charge is 0.410 e. The number of hydrogen-bond donors (Lipinski definition) is 0. The van der Waals surface area contributed by atoms with Crippen LogP contribution in [-0.4, -0.2) is 45.2 Å². The third-order valence-corrected chi connectivity index (χ3v) is 2.77. The van der Waals surface area contributed by atoms with Crippen molar-refractivity contribution in [1.29, 1.82) is 0 Å². The van der Waals surface area contributed by atoms with Crippen molar-refractivity contribution in [2.24, 2.45) is 0 Å². The highest BCUT2D eigenvalue weighted by Crippen LogP contribution is 2.24. The van der Waals surface area contributed by atoms with Crippen LogP contribution in [0.3, 0.4) is 0 Å². The SMILES string of the molecule is CC(C)(C)OC(=O)N1CCC[C@@H](c2nnn[n-]2)C1. The Morgan fingerprint density at radius 2 is 2.28 bits per heavy atom. The Bertz CT molecular complexity index is 398. The van der Waals surface area contributed by atoms with E-state index in [9.17, 15) is 4.79 Å². The zero-order valence-corrected chi connectivity index (χ0v) is 11.0. The van der Waals surface area contributed by atoms with E-state index in [0.29, 0.717) is 18.9 Å². The van der Waals surface area contributed by atoms with Crippen LogP contribution in [0.4, 0.5) is 4.79 Å². The average molecular weight is 252 g/mol. The van der Waals surface area contributed by atoms with Crippen LogP contribution in [-0.2, 0) is 4.74 Å². The normalized spacial score (nSPS) is 20.8. The van der Waals surface area contributed by atoms with Crippen molar-refractivity contribution < 1.29 is 9.53 Å². The lowest BCUT2D eigenvalue weighted by Crippen LogP contribution is -2.42. The van der Waals surface area contributed by atoms with Crippen LogP contribution in [0.15, 0.2) is 0 Å². The van der Waals surface area contributed by atoms with E-state index in [1.807, 2.05) is 20.8 Å². The number of rotatable bonds is 1. The van der Waals surface area contributed by atoms with Crippen LogP contribution in [0.2, 0.25) is 0 Å². The number of nitrogens with zero attached hydrogens (tertiary/aromatic N) is 5. The van der Waals surface area contributed by atoms with Crippen LogP contribution in [0, 0.1) is 0 Å². The monoisotopic (exact) mass is 252 g/mol. The summed E-state index contributed by atoms with van der Waals surface area (Å²) in [7, 11) is 0. The Kier molecular flexibility index (Phi) is 3.49. The number of tetrazole rings is 1. The molecular weight excluding hydrogens is 234 g/mol. The second kappa shape index (κ2) is 4.91. The second-order valence-corrected chi connectivity index (χ2v) is 5.50. The number of carbonyl (C=O) groups excluding carboxylic acids is 1. The van der Waals surface area contributed by atoms with Crippen LogP contribution in [0.5, 0.6) is 0 Å². The number of ether oxygens (including phenoxy) is 1. The Morgan fingerprint density at radius 3 is 2.89 bits per heavy atom. The van der Waals surface area contributed by atoms with E-state index in [1.165, 1.54) is 0 Å². The summed E-state index contributed by atoms with van der Waals surface area (Å²) in [5.74, 6) is 0.726. The summed E-state index contributed by atoms with van der Waals surface area (Å²) in [6, 6.07) is 0. The van der Waals surface area contributed by atoms with Gasteiger partial charge < -0.3 is 14.7 Å². The standard InChI is InChI=1S/C11H18N5O2/c1-11(2,3)18-10(17)16-6-4-5-8(7-16)9-12-14-15-13-9/h8H,4-7H2,1-3H3/q-1/t8-/m1/s1.